The molecule has 0 radical (unpaired) electrons. The summed E-state index contributed by atoms with van der Waals surface area (Å²) in [4.78, 5) is 4.48. The molecule has 0 saturated heterocycles. The zero-order chi connectivity index (χ0) is 15.5. The van der Waals surface area contributed by atoms with Gasteiger partial charge < -0.3 is 5.73 Å². The Balaban J connectivity index is 2.04. The van der Waals surface area contributed by atoms with Crippen LogP contribution in [0.2, 0.25) is 0 Å². The number of thioether (sulfide) groups is 1. The molecule has 21 heavy (non-hydrogen) atoms. The van der Waals surface area contributed by atoms with Gasteiger partial charge in [0.05, 0.1) is 10.6 Å². The van der Waals surface area contributed by atoms with Gasteiger partial charge in [-0.25, -0.2) is 13.4 Å². The Labute approximate surface area is 132 Å². The van der Waals surface area contributed by atoms with Crippen molar-refractivity contribution in [3.05, 3.63) is 40.9 Å². The quantitative estimate of drug-likeness (QED) is 0.477. The molecule has 0 aliphatic carbocycles. The van der Waals surface area contributed by atoms with Crippen molar-refractivity contribution >= 4 is 38.8 Å². The van der Waals surface area contributed by atoms with Crippen LogP contribution in [0.1, 0.15) is 11.3 Å². The van der Waals surface area contributed by atoms with E-state index in [-0.39, 0.29) is 16.5 Å². The summed E-state index contributed by atoms with van der Waals surface area (Å²) in [5, 5.41) is 9.30. The number of aryl methyl sites for hydroxylation is 1. The predicted octanol–water partition coefficient (Wildman–Crippen LogP) is 2.30. The Bertz CT molecular complexity index is 754. The summed E-state index contributed by atoms with van der Waals surface area (Å²) in [7, 11) is -3.38. The van der Waals surface area contributed by atoms with Gasteiger partial charge in [-0.3, -0.25) is 5.41 Å². The fraction of sp³-hybridized carbons (Fsp3) is 0.231. The lowest BCUT2D eigenvalue weighted by atomic mass is 10.2. The summed E-state index contributed by atoms with van der Waals surface area (Å²) < 4.78 is 25.4. The second-order valence-electron chi connectivity index (χ2n) is 4.36. The number of hydrogen-bond donors (Lipinski definition) is 2. The minimum absolute atomic E-state index is 0.0254. The monoisotopic (exact) mass is 341 g/mol. The van der Waals surface area contributed by atoms with E-state index in [4.69, 9.17) is 11.1 Å². The van der Waals surface area contributed by atoms with Gasteiger partial charge in [0.2, 0.25) is 0 Å². The van der Waals surface area contributed by atoms with Gasteiger partial charge in [-0.05, 0) is 19.1 Å². The van der Waals surface area contributed by atoms with E-state index in [9.17, 15) is 8.42 Å². The SMILES string of the molecule is Cc1csc(SCCS(=O)(=O)c2cccc(C(=N)N)c2)n1. The summed E-state index contributed by atoms with van der Waals surface area (Å²) in [6, 6.07) is 6.19. The van der Waals surface area contributed by atoms with Crippen LogP contribution in [0.3, 0.4) is 0 Å². The van der Waals surface area contributed by atoms with Crippen molar-refractivity contribution in [1.82, 2.24) is 4.98 Å². The van der Waals surface area contributed by atoms with Gasteiger partial charge in [0.1, 0.15) is 10.2 Å². The Morgan fingerprint density at radius 2 is 2.24 bits per heavy atom. The zero-order valence-corrected chi connectivity index (χ0v) is 13.8. The molecule has 0 spiro atoms. The lowest BCUT2D eigenvalue weighted by molar-refractivity contribution is 0.597. The third-order valence-electron chi connectivity index (χ3n) is 2.68. The van der Waals surface area contributed by atoms with Crippen LogP contribution in [0.5, 0.6) is 0 Å². The molecule has 8 heteroatoms. The topological polar surface area (TPSA) is 96.9 Å². The fourth-order valence-corrected chi connectivity index (χ4v) is 5.22. The van der Waals surface area contributed by atoms with Crippen molar-refractivity contribution in [2.45, 2.75) is 16.2 Å². The molecule has 0 saturated carbocycles. The van der Waals surface area contributed by atoms with Crippen LogP contribution in [0.25, 0.3) is 0 Å². The molecular formula is C13H15N3O2S3. The van der Waals surface area contributed by atoms with Gasteiger partial charge in [-0.15, -0.1) is 11.3 Å². The molecule has 0 unspecified atom stereocenters. The highest BCUT2D eigenvalue weighted by Crippen LogP contribution is 2.23. The van der Waals surface area contributed by atoms with Crippen LogP contribution in [-0.2, 0) is 9.84 Å². The van der Waals surface area contributed by atoms with E-state index in [2.05, 4.69) is 4.98 Å². The fourth-order valence-electron chi connectivity index (χ4n) is 1.61. The van der Waals surface area contributed by atoms with Gasteiger partial charge in [0.25, 0.3) is 0 Å². The first-order chi connectivity index (χ1) is 9.88. The summed E-state index contributed by atoms with van der Waals surface area (Å²) in [6.07, 6.45) is 0. The molecular weight excluding hydrogens is 326 g/mol. The van der Waals surface area contributed by atoms with E-state index >= 15 is 0 Å². The van der Waals surface area contributed by atoms with E-state index in [1.807, 2.05) is 12.3 Å². The maximum absolute atomic E-state index is 12.3. The first-order valence-electron chi connectivity index (χ1n) is 6.10. The second-order valence-corrected chi connectivity index (χ2v) is 8.67. The molecule has 0 aliphatic heterocycles. The number of nitrogen functional groups attached to an aromatic ring is 1. The van der Waals surface area contributed by atoms with E-state index in [1.165, 1.54) is 35.2 Å². The molecule has 0 fully saturated rings. The number of sulfone groups is 1. The largest absolute Gasteiger partial charge is 0.384 e. The van der Waals surface area contributed by atoms with E-state index in [1.54, 1.807) is 12.1 Å². The highest BCUT2D eigenvalue weighted by molar-refractivity contribution is 8.02. The number of benzene rings is 1. The number of nitrogens with two attached hydrogens (primary N) is 1. The van der Waals surface area contributed by atoms with E-state index < -0.39 is 9.84 Å². The Hall–Kier alpha value is -1.38. The van der Waals surface area contributed by atoms with Crippen molar-refractivity contribution in [3.63, 3.8) is 0 Å². The minimum Gasteiger partial charge on any atom is -0.384 e. The van der Waals surface area contributed by atoms with Gasteiger partial charge in [-0.1, -0.05) is 23.9 Å². The molecule has 1 aromatic heterocycles. The molecule has 5 nitrogen and oxygen atoms in total. The van der Waals surface area contributed by atoms with Crippen LogP contribution in [0.15, 0.2) is 38.9 Å². The van der Waals surface area contributed by atoms with Crippen LogP contribution in [0, 0.1) is 12.3 Å². The molecule has 2 rings (SSSR count). The highest BCUT2D eigenvalue weighted by atomic mass is 32.2. The van der Waals surface area contributed by atoms with Gasteiger partial charge in [0.15, 0.2) is 9.84 Å². The number of nitrogens with one attached hydrogen (secondary N) is 1. The van der Waals surface area contributed by atoms with Crippen LogP contribution in [0.4, 0.5) is 0 Å². The summed E-state index contributed by atoms with van der Waals surface area (Å²) in [6.45, 7) is 1.91. The normalized spacial score (nSPS) is 11.5. The maximum Gasteiger partial charge on any atom is 0.179 e. The van der Waals surface area contributed by atoms with Crippen molar-refractivity contribution in [2.75, 3.05) is 11.5 Å². The summed E-state index contributed by atoms with van der Waals surface area (Å²) in [5.74, 6) is 0.330. The van der Waals surface area contributed by atoms with Gasteiger partial charge >= 0.3 is 0 Å². The number of hydrogen-bond acceptors (Lipinski definition) is 6. The molecule has 1 heterocycles. The molecule has 0 bridgehead atoms. The van der Waals surface area contributed by atoms with Crippen molar-refractivity contribution in [3.8, 4) is 0 Å². The average molecular weight is 341 g/mol. The molecule has 1 aromatic carbocycles. The first kappa shape index (κ1) is 16.0. The van der Waals surface area contributed by atoms with Crippen LogP contribution >= 0.6 is 23.1 Å². The van der Waals surface area contributed by atoms with Crippen molar-refractivity contribution in [2.24, 2.45) is 5.73 Å². The zero-order valence-electron chi connectivity index (χ0n) is 11.4. The standard InChI is InChI=1S/C13H15N3O2S3/c1-9-8-20-13(16-9)19-5-6-21(17,18)11-4-2-3-10(7-11)12(14)15/h2-4,7-8H,5-6H2,1H3,(H3,14,15). The van der Waals surface area contributed by atoms with Gasteiger partial charge in [-0.2, -0.15) is 0 Å². The van der Waals surface area contributed by atoms with Crippen molar-refractivity contribution in [1.29, 1.82) is 5.41 Å². The Kier molecular flexibility index (Phi) is 5.02. The second kappa shape index (κ2) is 6.59. The molecule has 0 amide bonds. The number of nitrogens with zero attached hydrogens (tertiary/aromatic N) is 1. The number of rotatable bonds is 6. The molecule has 112 valence electrons. The summed E-state index contributed by atoms with van der Waals surface area (Å²) >= 11 is 2.95. The third-order valence-corrected chi connectivity index (χ3v) is 6.79. The highest BCUT2D eigenvalue weighted by Gasteiger charge is 2.15. The van der Waals surface area contributed by atoms with Crippen molar-refractivity contribution < 1.29 is 8.42 Å². The third kappa shape index (κ3) is 4.29. The van der Waals surface area contributed by atoms with E-state index in [0.29, 0.717) is 11.3 Å². The Morgan fingerprint density at radius 3 is 2.86 bits per heavy atom. The molecule has 0 aliphatic rings. The minimum atomic E-state index is -3.38. The van der Waals surface area contributed by atoms with Crippen LogP contribution in [-0.4, -0.2) is 30.7 Å². The smallest absolute Gasteiger partial charge is 0.179 e. The average Bonchev–Trinajstić information content (AvgIpc) is 2.84. The molecule has 0 atom stereocenters. The molecule has 3 N–H and O–H groups in total. The van der Waals surface area contributed by atoms with Crippen LogP contribution < -0.4 is 5.73 Å². The van der Waals surface area contributed by atoms with E-state index in [0.717, 1.165) is 10.0 Å². The number of amidine groups is 1. The Morgan fingerprint density at radius 1 is 1.48 bits per heavy atom. The summed E-state index contributed by atoms with van der Waals surface area (Å²) in [5.41, 5.74) is 6.74. The number of aromatic nitrogens is 1. The molecule has 2 aromatic rings. The first-order valence-corrected chi connectivity index (χ1v) is 9.62. The lowest BCUT2D eigenvalue weighted by Gasteiger charge is -2.05. The predicted molar refractivity (Wildman–Crippen MR) is 87.1 cm³/mol. The maximum atomic E-state index is 12.3. The number of thiazole rings is 1. The van der Waals surface area contributed by atoms with Gasteiger partial charge in [0, 0.05) is 22.4 Å². The lowest BCUT2D eigenvalue weighted by Crippen LogP contribution is -2.13.